The Morgan fingerprint density at radius 1 is 1.56 bits per heavy atom. The van der Waals surface area contributed by atoms with Gasteiger partial charge < -0.3 is 5.32 Å². The lowest BCUT2D eigenvalue weighted by Crippen LogP contribution is -2.09. The number of rotatable bonds is 4. The molecule has 0 rings (SSSR count). The normalized spacial score (nSPS) is 10.2. The van der Waals surface area contributed by atoms with Crippen LogP contribution in [0, 0.1) is 5.92 Å². The van der Waals surface area contributed by atoms with Crippen LogP contribution in [0.15, 0.2) is 12.2 Å². The van der Waals surface area contributed by atoms with Gasteiger partial charge in [-0.2, -0.15) is 0 Å². The number of hydrogen-bond acceptors (Lipinski definition) is 1. The van der Waals surface area contributed by atoms with Crippen LogP contribution in [0.1, 0.15) is 20.3 Å². The van der Waals surface area contributed by atoms with Gasteiger partial charge in [0.05, 0.1) is 0 Å². The van der Waals surface area contributed by atoms with Crippen molar-refractivity contribution in [3.05, 3.63) is 12.2 Å². The SMILES string of the molecule is C=C(CCNC)C(C)C. The van der Waals surface area contributed by atoms with E-state index in [2.05, 4.69) is 25.7 Å². The van der Waals surface area contributed by atoms with E-state index < -0.39 is 0 Å². The standard InChI is InChI=1S/C8H17N/c1-7(2)8(3)5-6-9-4/h7,9H,3,5-6H2,1-2,4H3. The van der Waals surface area contributed by atoms with Crippen molar-refractivity contribution in [1.29, 1.82) is 0 Å². The van der Waals surface area contributed by atoms with E-state index in [0.717, 1.165) is 13.0 Å². The molecule has 0 saturated heterocycles. The van der Waals surface area contributed by atoms with Gasteiger partial charge in [-0.25, -0.2) is 0 Å². The Morgan fingerprint density at radius 2 is 2.11 bits per heavy atom. The molecule has 0 atom stereocenters. The van der Waals surface area contributed by atoms with Crippen molar-refractivity contribution in [2.75, 3.05) is 13.6 Å². The highest BCUT2D eigenvalue weighted by molar-refractivity contribution is 4.97. The zero-order valence-corrected chi connectivity index (χ0v) is 6.70. The van der Waals surface area contributed by atoms with Gasteiger partial charge in [0.15, 0.2) is 0 Å². The molecule has 0 heterocycles. The predicted molar refractivity (Wildman–Crippen MR) is 42.5 cm³/mol. The zero-order chi connectivity index (χ0) is 7.28. The van der Waals surface area contributed by atoms with Crippen LogP contribution in [-0.4, -0.2) is 13.6 Å². The van der Waals surface area contributed by atoms with Gasteiger partial charge in [-0.3, -0.25) is 0 Å². The van der Waals surface area contributed by atoms with E-state index >= 15 is 0 Å². The minimum Gasteiger partial charge on any atom is -0.319 e. The van der Waals surface area contributed by atoms with Crippen LogP contribution >= 0.6 is 0 Å². The third-order valence-electron chi connectivity index (χ3n) is 1.51. The molecule has 0 amide bonds. The van der Waals surface area contributed by atoms with Gasteiger partial charge in [-0.15, -0.1) is 0 Å². The molecule has 0 aromatic rings. The van der Waals surface area contributed by atoms with Gasteiger partial charge in [-0.1, -0.05) is 26.0 Å². The van der Waals surface area contributed by atoms with Crippen LogP contribution in [0.5, 0.6) is 0 Å². The highest BCUT2D eigenvalue weighted by atomic mass is 14.8. The molecule has 1 N–H and O–H groups in total. The summed E-state index contributed by atoms with van der Waals surface area (Å²) in [4.78, 5) is 0. The molecule has 0 aromatic heterocycles. The average Bonchev–Trinajstić information content (AvgIpc) is 1.82. The molecule has 0 saturated carbocycles. The molecule has 9 heavy (non-hydrogen) atoms. The van der Waals surface area contributed by atoms with Gasteiger partial charge in [0.1, 0.15) is 0 Å². The number of nitrogens with one attached hydrogen (secondary N) is 1. The maximum atomic E-state index is 3.95. The first kappa shape index (κ1) is 8.70. The largest absolute Gasteiger partial charge is 0.319 e. The fourth-order valence-electron chi connectivity index (χ4n) is 0.574. The molecule has 0 aliphatic carbocycles. The van der Waals surface area contributed by atoms with Crippen LogP contribution in [0.25, 0.3) is 0 Å². The molecule has 0 aliphatic heterocycles. The van der Waals surface area contributed by atoms with Gasteiger partial charge in [0.2, 0.25) is 0 Å². The minimum atomic E-state index is 0.637. The summed E-state index contributed by atoms with van der Waals surface area (Å²) in [5.41, 5.74) is 1.34. The zero-order valence-electron chi connectivity index (χ0n) is 6.70. The summed E-state index contributed by atoms with van der Waals surface area (Å²) in [6, 6.07) is 0. The lowest BCUT2D eigenvalue weighted by Gasteiger charge is -2.07. The summed E-state index contributed by atoms with van der Waals surface area (Å²) >= 11 is 0. The highest BCUT2D eigenvalue weighted by Crippen LogP contribution is 2.09. The van der Waals surface area contributed by atoms with Gasteiger partial charge in [0.25, 0.3) is 0 Å². The third kappa shape index (κ3) is 4.22. The summed E-state index contributed by atoms with van der Waals surface area (Å²) in [5.74, 6) is 0.637. The van der Waals surface area contributed by atoms with E-state index in [9.17, 15) is 0 Å². The predicted octanol–water partition coefficient (Wildman–Crippen LogP) is 1.81. The quantitative estimate of drug-likeness (QED) is 0.568. The first-order valence-electron chi connectivity index (χ1n) is 3.50. The summed E-state index contributed by atoms with van der Waals surface area (Å²) < 4.78 is 0. The third-order valence-corrected chi connectivity index (χ3v) is 1.51. The first-order chi connectivity index (χ1) is 4.18. The summed E-state index contributed by atoms with van der Waals surface area (Å²) in [6.45, 7) is 9.36. The molecular formula is C8H17N. The van der Waals surface area contributed by atoms with Crippen molar-refractivity contribution in [1.82, 2.24) is 5.32 Å². The van der Waals surface area contributed by atoms with Crippen molar-refractivity contribution in [2.45, 2.75) is 20.3 Å². The monoisotopic (exact) mass is 127 g/mol. The van der Waals surface area contributed by atoms with Crippen LogP contribution in [-0.2, 0) is 0 Å². The molecule has 0 fully saturated rings. The van der Waals surface area contributed by atoms with Gasteiger partial charge in [0, 0.05) is 0 Å². The summed E-state index contributed by atoms with van der Waals surface area (Å²) in [7, 11) is 1.97. The topological polar surface area (TPSA) is 12.0 Å². The Kier molecular flexibility index (Phi) is 4.41. The Morgan fingerprint density at radius 3 is 2.44 bits per heavy atom. The van der Waals surface area contributed by atoms with Crippen molar-refractivity contribution in [3.63, 3.8) is 0 Å². The van der Waals surface area contributed by atoms with Gasteiger partial charge >= 0.3 is 0 Å². The smallest absolute Gasteiger partial charge is 0.00146 e. The fourth-order valence-corrected chi connectivity index (χ4v) is 0.574. The van der Waals surface area contributed by atoms with Crippen LogP contribution in [0.3, 0.4) is 0 Å². The molecular weight excluding hydrogens is 110 g/mol. The molecule has 1 nitrogen and oxygen atoms in total. The van der Waals surface area contributed by atoms with Crippen molar-refractivity contribution in [3.8, 4) is 0 Å². The maximum absolute atomic E-state index is 3.95. The fraction of sp³-hybridized carbons (Fsp3) is 0.750. The van der Waals surface area contributed by atoms with Crippen LogP contribution in [0.4, 0.5) is 0 Å². The van der Waals surface area contributed by atoms with E-state index in [1.54, 1.807) is 0 Å². The van der Waals surface area contributed by atoms with E-state index in [-0.39, 0.29) is 0 Å². The molecule has 1 heteroatoms. The second kappa shape index (κ2) is 4.57. The molecule has 54 valence electrons. The van der Waals surface area contributed by atoms with E-state index in [1.807, 2.05) is 7.05 Å². The molecule has 0 spiro atoms. The second-order valence-corrected chi connectivity index (χ2v) is 2.67. The van der Waals surface area contributed by atoms with E-state index in [4.69, 9.17) is 0 Å². The minimum absolute atomic E-state index is 0.637. The molecule has 0 unspecified atom stereocenters. The lowest BCUT2D eigenvalue weighted by atomic mass is 10.0. The summed E-state index contributed by atoms with van der Waals surface area (Å²) in [5, 5.41) is 3.09. The molecule has 0 bridgehead atoms. The van der Waals surface area contributed by atoms with Crippen molar-refractivity contribution in [2.24, 2.45) is 5.92 Å². The van der Waals surface area contributed by atoms with E-state index in [1.165, 1.54) is 5.57 Å². The highest BCUT2D eigenvalue weighted by Gasteiger charge is 1.97. The van der Waals surface area contributed by atoms with Crippen LogP contribution < -0.4 is 5.32 Å². The average molecular weight is 127 g/mol. The maximum Gasteiger partial charge on any atom is -0.00146 e. The molecule has 0 aliphatic rings. The van der Waals surface area contributed by atoms with E-state index in [0.29, 0.717) is 5.92 Å². The summed E-state index contributed by atoms with van der Waals surface area (Å²) in [6.07, 6.45) is 1.11. The van der Waals surface area contributed by atoms with Crippen molar-refractivity contribution < 1.29 is 0 Å². The number of hydrogen-bond donors (Lipinski definition) is 1. The van der Waals surface area contributed by atoms with Gasteiger partial charge in [-0.05, 0) is 25.9 Å². The Labute approximate surface area is 58.2 Å². The first-order valence-corrected chi connectivity index (χ1v) is 3.50. The Bertz CT molecular complexity index is 84.6. The Hall–Kier alpha value is -0.300. The Balaban J connectivity index is 3.28. The second-order valence-electron chi connectivity index (χ2n) is 2.67. The molecule has 0 aromatic carbocycles. The van der Waals surface area contributed by atoms with Crippen LogP contribution in [0.2, 0.25) is 0 Å². The van der Waals surface area contributed by atoms with Crippen molar-refractivity contribution >= 4 is 0 Å². The lowest BCUT2D eigenvalue weighted by molar-refractivity contribution is 0.683. The molecule has 0 radical (unpaired) electrons.